The fourth-order valence-corrected chi connectivity index (χ4v) is 7.21. The van der Waals surface area contributed by atoms with Gasteiger partial charge in [0.15, 0.2) is 0 Å². The molecule has 2 fully saturated rings. The summed E-state index contributed by atoms with van der Waals surface area (Å²) < 4.78 is 28.9. The van der Waals surface area contributed by atoms with Gasteiger partial charge in [0.25, 0.3) is 5.91 Å². The summed E-state index contributed by atoms with van der Waals surface area (Å²) in [4.78, 5) is 51.0. The van der Waals surface area contributed by atoms with Gasteiger partial charge in [-0.15, -0.1) is 0 Å². The third kappa shape index (κ3) is 10.2. The molecule has 284 valence electrons. The van der Waals surface area contributed by atoms with Crippen LogP contribution in [-0.4, -0.2) is 125 Å². The van der Waals surface area contributed by atoms with Gasteiger partial charge in [0.05, 0.1) is 18.9 Å². The van der Waals surface area contributed by atoms with Gasteiger partial charge in [0, 0.05) is 77.2 Å². The Hall–Kier alpha value is -4.23. The summed E-state index contributed by atoms with van der Waals surface area (Å²) in [5.41, 5.74) is 2.46. The number of carbonyl (C=O) groups excluding carboxylic acids is 3. The molecule has 0 saturated carbocycles. The van der Waals surface area contributed by atoms with E-state index in [4.69, 9.17) is 9.47 Å². The molecule has 1 N–H and O–H groups in total. The number of imidazole rings is 1. The largest absolute Gasteiger partial charge is 0.457 e. The zero-order chi connectivity index (χ0) is 37.5. The molecule has 0 bridgehead atoms. The molecule has 1 aromatic heterocycles. The lowest BCUT2D eigenvalue weighted by Gasteiger charge is -2.37. The van der Waals surface area contributed by atoms with Crippen LogP contribution in [-0.2, 0) is 21.3 Å². The van der Waals surface area contributed by atoms with E-state index in [2.05, 4.69) is 14.8 Å². The third-order valence-electron chi connectivity index (χ3n) is 10.6. The summed E-state index contributed by atoms with van der Waals surface area (Å²) >= 11 is 0. The number of cyclic esters (lactones) is 1. The molecule has 2 aromatic rings. The molecular formula is C39H55FN6O6. The highest BCUT2D eigenvalue weighted by atomic mass is 19.1. The number of aromatic nitrogens is 2. The first kappa shape index (κ1) is 39.0. The van der Waals surface area contributed by atoms with E-state index in [1.54, 1.807) is 22.0 Å². The third-order valence-corrected chi connectivity index (χ3v) is 10.6. The molecule has 0 unspecified atom stereocenters. The van der Waals surface area contributed by atoms with Crippen LogP contribution in [0.25, 0.3) is 6.08 Å². The SMILES string of the molecule is C/C(=C\c1cc(F)cc(N(C)C2CCN(C(=O)c3cn(C)cn3)CC2)c1)[C@H]1OC(=O)C[C@H](O)CC[C@H](C)[C@H](OC(=O)N2CCN(C)CC2)/C=C/[C@@H]1C. The minimum absolute atomic E-state index is 0.0851. The Morgan fingerprint density at radius 1 is 1.00 bits per heavy atom. The fraction of sp³-hybridized carbons (Fsp3) is 0.590. The first-order chi connectivity index (χ1) is 24.8. The fourth-order valence-electron chi connectivity index (χ4n) is 7.21. The van der Waals surface area contributed by atoms with Crippen LogP contribution in [0, 0.1) is 17.7 Å². The number of aliphatic hydroxyl groups excluding tert-OH is 1. The second-order valence-corrected chi connectivity index (χ2v) is 14.9. The summed E-state index contributed by atoms with van der Waals surface area (Å²) in [5, 5.41) is 10.7. The van der Waals surface area contributed by atoms with Gasteiger partial charge in [-0.3, -0.25) is 9.59 Å². The summed E-state index contributed by atoms with van der Waals surface area (Å²) in [6.07, 6.45) is 8.70. The number of piperidine rings is 1. The van der Waals surface area contributed by atoms with Crippen molar-refractivity contribution >= 4 is 29.7 Å². The van der Waals surface area contributed by atoms with Crippen molar-refractivity contribution in [1.29, 1.82) is 0 Å². The van der Waals surface area contributed by atoms with E-state index < -0.39 is 30.1 Å². The molecule has 1 aromatic carbocycles. The molecule has 0 radical (unpaired) electrons. The normalized spacial score (nSPS) is 26.6. The van der Waals surface area contributed by atoms with Crippen molar-refractivity contribution in [3.05, 3.63) is 65.5 Å². The van der Waals surface area contributed by atoms with Crippen molar-refractivity contribution < 1.29 is 33.4 Å². The van der Waals surface area contributed by atoms with Gasteiger partial charge in [0.1, 0.15) is 23.7 Å². The first-order valence-electron chi connectivity index (χ1n) is 18.5. The molecule has 2 amide bonds. The maximum atomic E-state index is 15.1. The van der Waals surface area contributed by atoms with Gasteiger partial charge in [-0.05, 0) is 81.0 Å². The topological polar surface area (TPSA) is 121 Å². The number of benzene rings is 1. The predicted molar refractivity (Wildman–Crippen MR) is 197 cm³/mol. The van der Waals surface area contributed by atoms with Crippen molar-refractivity contribution in [3.63, 3.8) is 0 Å². The number of ether oxygens (including phenoxy) is 2. The molecule has 13 heteroatoms. The molecule has 12 nitrogen and oxygen atoms in total. The van der Waals surface area contributed by atoms with E-state index in [-0.39, 0.29) is 36.3 Å². The number of likely N-dealkylation sites (N-methyl/N-ethyl adjacent to an activating group) is 1. The van der Waals surface area contributed by atoms with E-state index in [9.17, 15) is 19.5 Å². The molecule has 5 rings (SSSR count). The second kappa shape index (κ2) is 17.5. The molecule has 2 saturated heterocycles. The van der Waals surface area contributed by atoms with E-state index in [1.165, 1.54) is 12.1 Å². The number of hydrogen-bond donors (Lipinski definition) is 1. The number of carbonyl (C=O) groups is 3. The average molecular weight is 723 g/mol. The summed E-state index contributed by atoms with van der Waals surface area (Å²) in [7, 11) is 5.80. The van der Waals surface area contributed by atoms with Gasteiger partial charge >= 0.3 is 12.1 Å². The molecule has 5 atom stereocenters. The van der Waals surface area contributed by atoms with Crippen molar-refractivity contribution in [3.8, 4) is 0 Å². The van der Waals surface area contributed by atoms with Crippen LogP contribution in [0.3, 0.4) is 0 Å². The van der Waals surface area contributed by atoms with Gasteiger partial charge in [0.2, 0.25) is 0 Å². The molecule has 3 aliphatic rings. The lowest BCUT2D eigenvalue weighted by Crippen LogP contribution is -2.48. The van der Waals surface area contributed by atoms with Crippen molar-refractivity contribution in [2.75, 3.05) is 58.3 Å². The minimum Gasteiger partial charge on any atom is -0.457 e. The first-order valence-corrected chi connectivity index (χ1v) is 18.5. The molecule has 52 heavy (non-hydrogen) atoms. The molecular weight excluding hydrogens is 667 g/mol. The van der Waals surface area contributed by atoms with E-state index in [0.717, 1.165) is 25.9 Å². The Balaban J connectivity index is 1.30. The summed E-state index contributed by atoms with van der Waals surface area (Å²) in [5.74, 6) is -1.39. The molecule has 0 spiro atoms. The Morgan fingerprint density at radius 3 is 2.38 bits per heavy atom. The van der Waals surface area contributed by atoms with Crippen LogP contribution in [0.5, 0.6) is 0 Å². The Morgan fingerprint density at radius 2 is 1.71 bits per heavy atom. The van der Waals surface area contributed by atoms with Crippen molar-refractivity contribution in [2.45, 2.75) is 77.2 Å². The highest BCUT2D eigenvalue weighted by Gasteiger charge is 2.30. The van der Waals surface area contributed by atoms with E-state index >= 15 is 4.39 Å². The summed E-state index contributed by atoms with van der Waals surface area (Å²) in [6.45, 7) is 9.68. The van der Waals surface area contributed by atoms with Gasteiger partial charge < -0.3 is 38.7 Å². The van der Waals surface area contributed by atoms with Gasteiger partial charge in [-0.25, -0.2) is 14.2 Å². The molecule has 0 aliphatic carbocycles. The van der Waals surface area contributed by atoms with Crippen LogP contribution < -0.4 is 4.90 Å². The number of piperazine rings is 1. The Kier molecular flexibility index (Phi) is 13.1. The number of rotatable bonds is 6. The van der Waals surface area contributed by atoms with Gasteiger partial charge in [-0.1, -0.05) is 26.0 Å². The Labute approximate surface area is 306 Å². The number of aliphatic hydroxyl groups is 1. The number of amides is 2. The van der Waals surface area contributed by atoms with Crippen molar-refractivity contribution in [1.82, 2.24) is 24.3 Å². The standard InChI is InChI=1S/C39H55FN6O6/c1-26-7-9-33(47)23-36(48)52-37(27(2)8-10-35(26)51-39(50)46-17-15-42(4)16-18-46)28(3)19-29-20-30(40)22-32(21-29)44(6)31-11-13-45(14-12-31)38(49)34-24-43(5)25-41-34/h8,10,19-22,24-27,31,33,35,37,47H,7,9,11-18,23H2,1-6H3/b10-8+,28-19+/t26-,27-,33+,35+,37-/m0/s1. The van der Waals surface area contributed by atoms with E-state index in [1.807, 2.05) is 71.1 Å². The molecule has 3 aliphatic heterocycles. The lowest BCUT2D eigenvalue weighted by molar-refractivity contribution is -0.151. The number of hydrogen-bond acceptors (Lipinski definition) is 9. The maximum absolute atomic E-state index is 15.1. The number of nitrogens with zero attached hydrogens (tertiary/aromatic N) is 6. The Bertz CT molecular complexity index is 1610. The quantitative estimate of drug-likeness (QED) is 0.333. The zero-order valence-electron chi connectivity index (χ0n) is 31.4. The zero-order valence-corrected chi connectivity index (χ0v) is 31.4. The number of anilines is 1. The predicted octanol–water partition coefficient (Wildman–Crippen LogP) is 4.74. The van der Waals surface area contributed by atoms with Gasteiger partial charge in [-0.2, -0.15) is 0 Å². The number of halogens is 1. The lowest BCUT2D eigenvalue weighted by atomic mass is 9.91. The monoisotopic (exact) mass is 722 g/mol. The average Bonchev–Trinajstić information content (AvgIpc) is 3.56. The second-order valence-electron chi connectivity index (χ2n) is 14.9. The van der Waals surface area contributed by atoms with Crippen LogP contribution in [0.4, 0.5) is 14.9 Å². The highest BCUT2D eigenvalue weighted by molar-refractivity contribution is 5.92. The van der Waals surface area contributed by atoms with Crippen molar-refractivity contribution in [2.24, 2.45) is 18.9 Å². The number of aryl methyl sites for hydroxylation is 1. The van der Waals surface area contributed by atoms with Crippen LogP contribution in [0.1, 0.15) is 68.9 Å². The smallest absolute Gasteiger partial charge is 0.410 e. The van der Waals surface area contributed by atoms with Crippen LogP contribution in [0.2, 0.25) is 0 Å². The summed E-state index contributed by atoms with van der Waals surface area (Å²) in [6, 6.07) is 4.98. The number of esters is 1. The van der Waals surface area contributed by atoms with Crippen LogP contribution in [0.15, 0.2) is 48.4 Å². The number of likely N-dealkylation sites (tertiary alicyclic amines) is 1. The minimum atomic E-state index is -0.895. The van der Waals surface area contributed by atoms with Crippen LogP contribution >= 0.6 is 0 Å². The highest BCUT2D eigenvalue weighted by Crippen LogP contribution is 2.29. The molecule has 4 heterocycles. The maximum Gasteiger partial charge on any atom is 0.410 e. The van der Waals surface area contributed by atoms with E-state index in [0.29, 0.717) is 61.5 Å².